The van der Waals surface area contributed by atoms with Crippen LogP contribution in [0, 0.1) is 0 Å². The smallest absolute Gasteiger partial charge is 0.355 e. The standard InChI is InChI=1S/C13H22N2O4S/c1-6-15(7-2)20(17,18)10-8-11(14-9-10)12(16)19-13(3,4)5/h8-9,14H,6-7H2,1-5H3. The Kier molecular flexibility index (Phi) is 4.99. The van der Waals surface area contributed by atoms with E-state index in [2.05, 4.69) is 4.98 Å². The molecule has 1 N–H and O–H groups in total. The highest BCUT2D eigenvalue weighted by atomic mass is 32.2. The highest BCUT2D eigenvalue weighted by Gasteiger charge is 2.25. The monoisotopic (exact) mass is 302 g/mol. The molecule has 0 atom stereocenters. The molecule has 0 aromatic carbocycles. The van der Waals surface area contributed by atoms with Gasteiger partial charge < -0.3 is 9.72 Å². The van der Waals surface area contributed by atoms with Crippen molar-refractivity contribution in [2.75, 3.05) is 13.1 Å². The van der Waals surface area contributed by atoms with Gasteiger partial charge in [-0.2, -0.15) is 4.31 Å². The Hall–Kier alpha value is -1.34. The fraction of sp³-hybridized carbons (Fsp3) is 0.615. The van der Waals surface area contributed by atoms with Crippen LogP contribution in [0.3, 0.4) is 0 Å². The molecule has 0 aliphatic carbocycles. The average Bonchev–Trinajstić information content (AvgIpc) is 2.77. The molecule has 114 valence electrons. The SMILES string of the molecule is CCN(CC)S(=O)(=O)c1c[nH]c(C(=O)OC(C)(C)C)c1. The predicted molar refractivity (Wildman–Crippen MR) is 76.1 cm³/mol. The number of carbonyl (C=O) groups excluding carboxylic acids is 1. The third kappa shape index (κ3) is 3.83. The first-order valence-electron chi connectivity index (χ1n) is 6.53. The molecule has 20 heavy (non-hydrogen) atoms. The first kappa shape index (κ1) is 16.7. The van der Waals surface area contributed by atoms with Gasteiger partial charge in [0.2, 0.25) is 10.0 Å². The zero-order chi connectivity index (χ0) is 15.6. The number of rotatable bonds is 5. The summed E-state index contributed by atoms with van der Waals surface area (Å²) in [7, 11) is -3.56. The summed E-state index contributed by atoms with van der Waals surface area (Å²) in [6, 6.07) is 1.31. The van der Waals surface area contributed by atoms with E-state index in [0.717, 1.165) is 0 Å². The van der Waals surface area contributed by atoms with Crippen LogP contribution in [0.25, 0.3) is 0 Å². The number of nitrogens with zero attached hydrogens (tertiary/aromatic N) is 1. The van der Waals surface area contributed by atoms with Crippen LogP contribution in [-0.2, 0) is 14.8 Å². The van der Waals surface area contributed by atoms with Gasteiger partial charge in [-0.25, -0.2) is 13.2 Å². The number of nitrogens with one attached hydrogen (secondary N) is 1. The minimum Gasteiger partial charge on any atom is -0.455 e. The summed E-state index contributed by atoms with van der Waals surface area (Å²) in [6.45, 7) is 9.55. The summed E-state index contributed by atoms with van der Waals surface area (Å²) in [4.78, 5) is 14.6. The second-order valence-electron chi connectivity index (χ2n) is 5.34. The van der Waals surface area contributed by atoms with E-state index in [4.69, 9.17) is 4.74 Å². The Labute approximate surface area is 120 Å². The van der Waals surface area contributed by atoms with Gasteiger partial charge in [-0.05, 0) is 26.8 Å². The number of ether oxygens (including phenoxy) is 1. The second kappa shape index (κ2) is 5.97. The molecule has 0 saturated carbocycles. The van der Waals surface area contributed by atoms with Crippen LogP contribution >= 0.6 is 0 Å². The number of aromatic amines is 1. The van der Waals surface area contributed by atoms with Crippen LogP contribution in [0.4, 0.5) is 0 Å². The van der Waals surface area contributed by atoms with Crippen molar-refractivity contribution >= 4 is 16.0 Å². The molecule has 0 bridgehead atoms. The maximum Gasteiger partial charge on any atom is 0.355 e. The first-order valence-corrected chi connectivity index (χ1v) is 7.97. The number of sulfonamides is 1. The van der Waals surface area contributed by atoms with E-state index in [1.54, 1.807) is 34.6 Å². The number of hydrogen-bond donors (Lipinski definition) is 1. The van der Waals surface area contributed by atoms with Crippen molar-refractivity contribution < 1.29 is 17.9 Å². The molecule has 0 amide bonds. The van der Waals surface area contributed by atoms with Crippen molar-refractivity contribution in [2.45, 2.75) is 45.1 Å². The van der Waals surface area contributed by atoms with Gasteiger partial charge in [0.15, 0.2) is 0 Å². The van der Waals surface area contributed by atoms with Crippen molar-refractivity contribution in [3.05, 3.63) is 18.0 Å². The fourth-order valence-corrected chi connectivity index (χ4v) is 3.14. The zero-order valence-electron chi connectivity index (χ0n) is 12.6. The van der Waals surface area contributed by atoms with Crippen LogP contribution in [0.1, 0.15) is 45.1 Å². The summed E-state index contributed by atoms with van der Waals surface area (Å²) in [6.07, 6.45) is 1.31. The molecule has 0 aliphatic rings. The molecular weight excluding hydrogens is 280 g/mol. The van der Waals surface area contributed by atoms with Crippen molar-refractivity contribution in [2.24, 2.45) is 0 Å². The third-order valence-electron chi connectivity index (χ3n) is 2.62. The minimum atomic E-state index is -3.56. The Balaban J connectivity index is 3.01. The largest absolute Gasteiger partial charge is 0.455 e. The number of hydrogen-bond acceptors (Lipinski definition) is 4. The van der Waals surface area contributed by atoms with E-state index < -0.39 is 21.6 Å². The predicted octanol–water partition coefficient (Wildman–Crippen LogP) is 2.00. The number of H-pyrrole nitrogens is 1. The molecule has 0 spiro atoms. The van der Waals surface area contributed by atoms with E-state index in [0.29, 0.717) is 13.1 Å². The average molecular weight is 302 g/mol. The third-order valence-corrected chi connectivity index (χ3v) is 4.65. The normalized spacial score (nSPS) is 12.7. The molecule has 0 unspecified atom stereocenters. The molecule has 6 nitrogen and oxygen atoms in total. The summed E-state index contributed by atoms with van der Waals surface area (Å²) in [5.74, 6) is -0.571. The van der Waals surface area contributed by atoms with Crippen molar-refractivity contribution in [1.29, 1.82) is 0 Å². The number of aromatic nitrogens is 1. The maximum absolute atomic E-state index is 12.3. The lowest BCUT2D eigenvalue weighted by Crippen LogP contribution is -2.30. The van der Waals surface area contributed by atoms with Gasteiger partial charge in [0.05, 0.1) is 0 Å². The molecule has 1 heterocycles. The first-order chi connectivity index (χ1) is 9.11. The Morgan fingerprint density at radius 2 is 1.85 bits per heavy atom. The molecule has 1 aromatic heterocycles. The van der Waals surface area contributed by atoms with Crippen LogP contribution in [-0.4, -0.2) is 42.4 Å². The molecule has 7 heteroatoms. The van der Waals surface area contributed by atoms with Crippen molar-refractivity contribution in [1.82, 2.24) is 9.29 Å². The molecule has 0 fully saturated rings. The van der Waals surface area contributed by atoms with Gasteiger partial charge in [0.25, 0.3) is 0 Å². The van der Waals surface area contributed by atoms with E-state index in [1.165, 1.54) is 16.6 Å². The highest BCUT2D eigenvalue weighted by molar-refractivity contribution is 7.89. The Bertz CT molecular complexity index is 565. The van der Waals surface area contributed by atoms with E-state index in [1.807, 2.05) is 0 Å². The summed E-state index contributed by atoms with van der Waals surface area (Å²) < 4.78 is 31.1. The van der Waals surface area contributed by atoms with Crippen LogP contribution < -0.4 is 0 Å². The Morgan fingerprint density at radius 1 is 1.30 bits per heavy atom. The van der Waals surface area contributed by atoms with Gasteiger partial charge >= 0.3 is 5.97 Å². The van der Waals surface area contributed by atoms with Gasteiger partial charge in [-0.15, -0.1) is 0 Å². The number of esters is 1. The highest BCUT2D eigenvalue weighted by Crippen LogP contribution is 2.18. The summed E-state index contributed by atoms with van der Waals surface area (Å²) >= 11 is 0. The van der Waals surface area contributed by atoms with Crippen LogP contribution in [0.2, 0.25) is 0 Å². The van der Waals surface area contributed by atoms with Gasteiger partial charge in [0, 0.05) is 19.3 Å². The van der Waals surface area contributed by atoms with Gasteiger partial charge in [-0.1, -0.05) is 13.8 Å². The Morgan fingerprint density at radius 3 is 2.30 bits per heavy atom. The molecule has 0 saturated heterocycles. The maximum atomic E-state index is 12.3. The molecule has 1 aromatic rings. The molecule has 0 aliphatic heterocycles. The zero-order valence-corrected chi connectivity index (χ0v) is 13.4. The summed E-state index contributed by atoms with van der Waals surface area (Å²) in [5, 5.41) is 0. The lowest BCUT2D eigenvalue weighted by atomic mass is 10.2. The van der Waals surface area contributed by atoms with E-state index in [9.17, 15) is 13.2 Å². The van der Waals surface area contributed by atoms with Crippen molar-refractivity contribution in [3.8, 4) is 0 Å². The molecule has 0 radical (unpaired) electrons. The summed E-state index contributed by atoms with van der Waals surface area (Å²) in [5.41, 5.74) is -0.495. The van der Waals surface area contributed by atoms with E-state index in [-0.39, 0.29) is 10.6 Å². The molecule has 1 rings (SSSR count). The lowest BCUT2D eigenvalue weighted by molar-refractivity contribution is 0.00635. The van der Waals surface area contributed by atoms with Crippen LogP contribution in [0.5, 0.6) is 0 Å². The van der Waals surface area contributed by atoms with E-state index >= 15 is 0 Å². The fourth-order valence-electron chi connectivity index (χ4n) is 1.69. The molecular formula is C13H22N2O4S. The van der Waals surface area contributed by atoms with Gasteiger partial charge in [-0.3, -0.25) is 0 Å². The quantitative estimate of drug-likeness (QED) is 0.844. The minimum absolute atomic E-state index is 0.0714. The second-order valence-corrected chi connectivity index (χ2v) is 7.28. The number of carbonyl (C=O) groups is 1. The van der Waals surface area contributed by atoms with Gasteiger partial charge in [0.1, 0.15) is 16.2 Å². The van der Waals surface area contributed by atoms with Crippen molar-refractivity contribution in [3.63, 3.8) is 0 Å². The topological polar surface area (TPSA) is 79.5 Å². The lowest BCUT2D eigenvalue weighted by Gasteiger charge is -2.18. The van der Waals surface area contributed by atoms with Crippen LogP contribution in [0.15, 0.2) is 17.2 Å².